The smallest absolute Gasteiger partial charge is 0.390 e. The van der Waals surface area contributed by atoms with Crippen LogP contribution in [0.3, 0.4) is 0 Å². The number of hydrogen-bond acceptors (Lipinski definition) is 3. The van der Waals surface area contributed by atoms with Gasteiger partial charge in [0.25, 0.3) is 0 Å². The summed E-state index contributed by atoms with van der Waals surface area (Å²) in [7, 11) is 0. The number of nitrogens with zero attached hydrogens (tertiary/aromatic N) is 3. The van der Waals surface area contributed by atoms with Crippen molar-refractivity contribution in [3.8, 4) is 0 Å². The standard InChI is InChI=1S/C8H10F3N3O/c9-8(10,11)7(1-2-7)6(15)3-14-5-12-4-13-14/h4-6,15H,1-3H2. The molecule has 0 aromatic carbocycles. The van der Waals surface area contributed by atoms with E-state index in [-0.39, 0.29) is 19.4 Å². The van der Waals surface area contributed by atoms with Gasteiger partial charge < -0.3 is 5.11 Å². The molecule has 0 radical (unpaired) electrons. The minimum absolute atomic E-state index is 0.00758. The van der Waals surface area contributed by atoms with Crippen molar-refractivity contribution in [2.45, 2.75) is 31.7 Å². The van der Waals surface area contributed by atoms with Gasteiger partial charge in [-0.3, -0.25) is 4.68 Å². The van der Waals surface area contributed by atoms with Crippen molar-refractivity contribution in [1.29, 1.82) is 0 Å². The number of aromatic nitrogens is 3. The van der Waals surface area contributed by atoms with Crippen LogP contribution in [0, 0.1) is 5.41 Å². The lowest BCUT2D eigenvalue weighted by atomic mass is 9.98. The number of hydrogen-bond donors (Lipinski definition) is 1. The molecule has 1 aliphatic carbocycles. The minimum atomic E-state index is -4.34. The zero-order chi connectivity index (χ0) is 11.1. The molecule has 84 valence electrons. The Morgan fingerprint density at radius 2 is 2.13 bits per heavy atom. The van der Waals surface area contributed by atoms with E-state index in [0.717, 1.165) is 0 Å². The van der Waals surface area contributed by atoms with Crippen LogP contribution in [-0.2, 0) is 6.54 Å². The first-order valence-corrected chi connectivity index (χ1v) is 4.53. The molecule has 4 nitrogen and oxygen atoms in total. The molecule has 1 aromatic heterocycles. The molecule has 1 N–H and O–H groups in total. The van der Waals surface area contributed by atoms with Crippen molar-refractivity contribution in [2.24, 2.45) is 5.41 Å². The molecular weight excluding hydrogens is 211 g/mol. The van der Waals surface area contributed by atoms with E-state index in [2.05, 4.69) is 10.1 Å². The summed E-state index contributed by atoms with van der Waals surface area (Å²) >= 11 is 0. The van der Waals surface area contributed by atoms with Gasteiger partial charge in [-0.1, -0.05) is 0 Å². The molecule has 1 atom stereocenters. The SMILES string of the molecule is OC(Cn1cncn1)C1(C(F)(F)F)CC1. The van der Waals surface area contributed by atoms with Gasteiger partial charge in [-0.2, -0.15) is 18.3 Å². The topological polar surface area (TPSA) is 50.9 Å². The summed E-state index contributed by atoms with van der Waals surface area (Å²) in [6.07, 6.45) is -3.29. The Labute approximate surface area is 83.7 Å². The third-order valence-electron chi connectivity index (χ3n) is 2.82. The summed E-state index contributed by atoms with van der Waals surface area (Å²) < 4.78 is 38.9. The minimum Gasteiger partial charge on any atom is -0.390 e. The number of rotatable bonds is 3. The fourth-order valence-electron chi connectivity index (χ4n) is 1.62. The summed E-state index contributed by atoms with van der Waals surface area (Å²) in [5.74, 6) is 0. The predicted molar refractivity (Wildman–Crippen MR) is 43.8 cm³/mol. The van der Waals surface area contributed by atoms with E-state index in [1.165, 1.54) is 17.3 Å². The monoisotopic (exact) mass is 221 g/mol. The van der Waals surface area contributed by atoms with Crippen LogP contribution >= 0.6 is 0 Å². The lowest BCUT2D eigenvalue weighted by molar-refractivity contribution is -0.216. The Balaban J connectivity index is 2.06. The van der Waals surface area contributed by atoms with Crippen LogP contribution in [0.1, 0.15) is 12.8 Å². The van der Waals surface area contributed by atoms with Crippen molar-refractivity contribution in [2.75, 3.05) is 0 Å². The molecule has 0 saturated heterocycles. The summed E-state index contributed by atoms with van der Waals surface area (Å²) in [6, 6.07) is 0. The van der Waals surface area contributed by atoms with Crippen molar-refractivity contribution in [3.63, 3.8) is 0 Å². The Morgan fingerprint density at radius 1 is 1.47 bits per heavy atom. The van der Waals surface area contributed by atoms with Gasteiger partial charge in [0.1, 0.15) is 12.7 Å². The van der Waals surface area contributed by atoms with Crippen LogP contribution in [0.25, 0.3) is 0 Å². The Kier molecular flexibility index (Phi) is 2.22. The lowest BCUT2D eigenvalue weighted by Crippen LogP contribution is -2.38. The number of aliphatic hydroxyl groups excluding tert-OH is 1. The molecule has 1 aromatic rings. The normalized spacial score (nSPS) is 21.3. The van der Waals surface area contributed by atoms with Gasteiger partial charge in [0, 0.05) is 0 Å². The van der Waals surface area contributed by atoms with E-state index in [0.29, 0.717) is 0 Å². The van der Waals surface area contributed by atoms with Crippen LogP contribution in [0.5, 0.6) is 0 Å². The van der Waals surface area contributed by atoms with Gasteiger partial charge in [-0.25, -0.2) is 4.98 Å². The summed E-state index contributed by atoms with van der Waals surface area (Å²) in [5.41, 5.74) is -1.92. The first-order valence-electron chi connectivity index (χ1n) is 4.53. The van der Waals surface area contributed by atoms with E-state index < -0.39 is 17.7 Å². The zero-order valence-electron chi connectivity index (χ0n) is 7.78. The largest absolute Gasteiger partial charge is 0.397 e. The maximum atomic E-state index is 12.6. The Bertz CT molecular complexity index is 331. The number of halogens is 3. The van der Waals surface area contributed by atoms with Gasteiger partial charge in [0.15, 0.2) is 0 Å². The Hall–Kier alpha value is -1.11. The highest BCUT2D eigenvalue weighted by molar-refractivity contribution is 5.04. The van der Waals surface area contributed by atoms with Gasteiger partial charge in [-0.05, 0) is 12.8 Å². The van der Waals surface area contributed by atoms with Gasteiger partial charge in [-0.15, -0.1) is 0 Å². The fourth-order valence-corrected chi connectivity index (χ4v) is 1.62. The van der Waals surface area contributed by atoms with E-state index >= 15 is 0 Å². The molecule has 1 fully saturated rings. The van der Waals surface area contributed by atoms with Crippen LogP contribution in [0.2, 0.25) is 0 Å². The molecule has 7 heteroatoms. The molecule has 1 unspecified atom stereocenters. The lowest BCUT2D eigenvalue weighted by Gasteiger charge is -2.24. The van der Waals surface area contributed by atoms with E-state index in [9.17, 15) is 18.3 Å². The van der Waals surface area contributed by atoms with Crippen LogP contribution < -0.4 is 0 Å². The van der Waals surface area contributed by atoms with Gasteiger partial charge in [0.05, 0.1) is 18.1 Å². The van der Waals surface area contributed by atoms with Crippen molar-refractivity contribution in [1.82, 2.24) is 14.8 Å². The number of alkyl halides is 3. The molecule has 0 amide bonds. The highest BCUT2D eigenvalue weighted by Crippen LogP contribution is 2.60. The molecule has 2 rings (SSSR count). The molecule has 0 aliphatic heterocycles. The average molecular weight is 221 g/mol. The molecule has 1 saturated carbocycles. The van der Waals surface area contributed by atoms with Crippen LogP contribution in [-0.4, -0.2) is 32.2 Å². The third-order valence-corrected chi connectivity index (χ3v) is 2.82. The molecule has 15 heavy (non-hydrogen) atoms. The van der Waals surface area contributed by atoms with Crippen molar-refractivity contribution in [3.05, 3.63) is 12.7 Å². The molecule has 0 spiro atoms. The second kappa shape index (κ2) is 3.19. The maximum absolute atomic E-state index is 12.6. The quantitative estimate of drug-likeness (QED) is 0.827. The number of aliphatic hydroxyl groups is 1. The first kappa shape index (κ1) is 10.4. The highest BCUT2D eigenvalue weighted by Gasteiger charge is 2.67. The predicted octanol–water partition coefficient (Wildman–Crippen LogP) is 0.982. The maximum Gasteiger partial charge on any atom is 0.397 e. The molecule has 1 aliphatic rings. The molecule has 1 heterocycles. The fraction of sp³-hybridized carbons (Fsp3) is 0.750. The van der Waals surface area contributed by atoms with E-state index in [1.807, 2.05) is 0 Å². The highest BCUT2D eigenvalue weighted by atomic mass is 19.4. The summed E-state index contributed by atoms with van der Waals surface area (Å²) in [4.78, 5) is 3.60. The summed E-state index contributed by atoms with van der Waals surface area (Å²) in [6.45, 7) is -0.167. The van der Waals surface area contributed by atoms with Crippen LogP contribution in [0.15, 0.2) is 12.7 Å². The van der Waals surface area contributed by atoms with E-state index in [4.69, 9.17) is 0 Å². The second-order valence-corrected chi connectivity index (χ2v) is 3.79. The average Bonchev–Trinajstić information content (AvgIpc) is 2.81. The Morgan fingerprint density at radius 3 is 2.53 bits per heavy atom. The second-order valence-electron chi connectivity index (χ2n) is 3.79. The van der Waals surface area contributed by atoms with Crippen LogP contribution in [0.4, 0.5) is 13.2 Å². The molecular formula is C8H10F3N3O. The molecule has 0 bridgehead atoms. The third kappa shape index (κ3) is 1.71. The van der Waals surface area contributed by atoms with Crippen molar-refractivity contribution >= 4 is 0 Å². The zero-order valence-corrected chi connectivity index (χ0v) is 7.78. The van der Waals surface area contributed by atoms with Gasteiger partial charge >= 0.3 is 6.18 Å². The van der Waals surface area contributed by atoms with Gasteiger partial charge in [0.2, 0.25) is 0 Å². The summed E-state index contributed by atoms with van der Waals surface area (Å²) in [5, 5.41) is 13.2. The first-order chi connectivity index (χ1) is 6.96. The van der Waals surface area contributed by atoms with E-state index in [1.54, 1.807) is 0 Å². The van der Waals surface area contributed by atoms with Crippen molar-refractivity contribution < 1.29 is 18.3 Å².